The highest BCUT2D eigenvalue weighted by Gasteiger charge is 2.32. The first-order valence-electron chi connectivity index (χ1n) is 9.31. The molecule has 6 nitrogen and oxygen atoms in total. The zero-order chi connectivity index (χ0) is 17.6. The van der Waals surface area contributed by atoms with Crippen LogP contribution in [0, 0.1) is 18.8 Å². The molecule has 0 bridgehead atoms. The fourth-order valence-electron chi connectivity index (χ4n) is 4.25. The van der Waals surface area contributed by atoms with Crippen LogP contribution in [0.3, 0.4) is 0 Å². The maximum atomic E-state index is 13.3. The molecule has 0 radical (unpaired) electrons. The van der Waals surface area contributed by atoms with Crippen LogP contribution in [0.5, 0.6) is 0 Å². The number of rotatable bonds is 2. The van der Waals surface area contributed by atoms with E-state index in [-0.39, 0.29) is 11.8 Å². The predicted molar refractivity (Wildman–Crippen MR) is 95.6 cm³/mol. The average molecular weight is 342 g/mol. The van der Waals surface area contributed by atoms with Gasteiger partial charge in [0.15, 0.2) is 0 Å². The molecule has 0 aromatic carbocycles. The van der Waals surface area contributed by atoms with Crippen LogP contribution in [0.4, 0.5) is 0 Å². The molecule has 1 N–H and O–H groups in total. The summed E-state index contributed by atoms with van der Waals surface area (Å²) in [6, 6.07) is 1.89. The molecule has 2 fully saturated rings. The Bertz CT molecular complexity index is 784. The molecule has 2 atom stereocenters. The van der Waals surface area contributed by atoms with Crippen molar-refractivity contribution in [2.75, 3.05) is 26.2 Å². The maximum absolute atomic E-state index is 13.3. The minimum absolute atomic E-state index is 0.0912. The minimum Gasteiger partial charge on any atom is -0.339 e. The quantitative estimate of drug-likeness (QED) is 0.908. The largest absolute Gasteiger partial charge is 0.339 e. The molecule has 2 aromatic rings. The number of likely N-dealkylation sites (tertiary alicyclic amines) is 1. The third kappa shape index (κ3) is 2.92. The van der Waals surface area contributed by atoms with E-state index in [1.807, 2.05) is 17.9 Å². The van der Waals surface area contributed by atoms with Crippen molar-refractivity contribution in [2.45, 2.75) is 39.5 Å². The number of amides is 1. The molecule has 25 heavy (non-hydrogen) atoms. The van der Waals surface area contributed by atoms with E-state index in [0.717, 1.165) is 55.8 Å². The van der Waals surface area contributed by atoms with Crippen molar-refractivity contribution in [2.24, 2.45) is 11.8 Å². The van der Waals surface area contributed by atoms with E-state index in [0.29, 0.717) is 23.1 Å². The molecule has 2 saturated heterocycles. The average Bonchev–Trinajstić information content (AvgIpc) is 3.16. The van der Waals surface area contributed by atoms with Gasteiger partial charge in [0, 0.05) is 18.8 Å². The molecule has 4 rings (SSSR count). The highest BCUT2D eigenvalue weighted by molar-refractivity contribution is 6.06. The Labute approximate surface area is 148 Å². The first-order valence-corrected chi connectivity index (χ1v) is 9.31. The second-order valence-corrected chi connectivity index (χ2v) is 7.76. The minimum atomic E-state index is 0.0912. The van der Waals surface area contributed by atoms with Crippen molar-refractivity contribution in [1.82, 2.24) is 20.4 Å². The molecule has 134 valence electrons. The summed E-state index contributed by atoms with van der Waals surface area (Å²) in [5.74, 6) is 1.69. The summed E-state index contributed by atoms with van der Waals surface area (Å²) in [5.41, 5.74) is 2.78. The lowest BCUT2D eigenvalue weighted by atomic mass is 9.92. The first-order chi connectivity index (χ1) is 12.0. The third-order valence-electron chi connectivity index (χ3n) is 5.68. The van der Waals surface area contributed by atoms with E-state index in [2.05, 4.69) is 29.3 Å². The normalized spacial score (nSPS) is 23.9. The SMILES string of the molecule is Cc1cc(C(=O)N2CC[C@@H]3CNC[C@@H]3CC2)c2c(C(C)C)noc2n1. The molecule has 1 amide bonds. The second-order valence-electron chi connectivity index (χ2n) is 7.76. The molecule has 6 heteroatoms. The Kier molecular flexibility index (Phi) is 4.23. The monoisotopic (exact) mass is 342 g/mol. The lowest BCUT2D eigenvalue weighted by molar-refractivity contribution is 0.0760. The summed E-state index contributed by atoms with van der Waals surface area (Å²) >= 11 is 0. The lowest BCUT2D eigenvalue weighted by Gasteiger charge is -2.21. The molecule has 2 aromatic heterocycles. The van der Waals surface area contributed by atoms with Gasteiger partial charge in [-0.15, -0.1) is 0 Å². The summed E-state index contributed by atoms with van der Waals surface area (Å²) in [7, 11) is 0. The Balaban J connectivity index is 1.68. The lowest BCUT2D eigenvalue weighted by Crippen LogP contribution is -2.33. The summed E-state index contributed by atoms with van der Waals surface area (Å²) < 4.78 is 5.41. The van der Waals surface area contributed by atoms with Gasteiger partial charge in [-0.05, 0) is 56.7 Å². The van der Waals surface area contributed by atoms with Gasteiger partial charge in [0.2, 0.25) is 0 Å². The van der Waals surface area contributed by atoms with E-state index in [9.17, 15) is 4.79 Å². The van der Waals surface area contributed by atoms with Crippen LogP contribution in [-0.2, 0) is 0 Å². The molecule has 0 aliphatic carbocycles. The Morgan fingerprint density at radius 1 is 1.28 bits per heavy atom. The van der Waals surface area contributed by atoms with E-state index in [1.165, 1.54) is 0 Å². The topological polar surface area (TPSA) is 71.3 Å². The molecule has 0 spiro atoms. The van der Waals surface area contributed by atoms with Crippen LogP contribution in [0.15, 0.2) is 10.6 Å². The van der Waals surface area contributed by atoms with E-state index >= 15 is 0 Å². The molecule has 4 heterocycles. The second kappa shape index (κ2) is 6.41. The summed E-state index contributed by atoms with van der Waals surface area (Å²) in [5, 5.41) is 8.44. The van der Waals surface area contributed by atoms with Gasteiger partial charge in [0.1, 0.15) is 0 Å². The smallest absolute Gasteiger partial charge is 0.259 e. The van der Waals surface area contributed by atoms with Crippen molar-refractivity contribution in [3.05, 3.63) is 23.0 Å². The van der Waals surface area contributed by atoms with Crippen molar-refractivity contribution >= 4 is 17.0 Å². The van der Waals surface area contributed by atoms with Crippen LogP contribution < -0.4 is 5.32 Å². The van der Waals surface area contributed by atoms with Gasteiger partial charge < -0.3 is 14.7 Å². The molecule has 0 saturated carbocycles. The summed E-state index contributed by atoms with van der Waals surface area (Å²) in [6.45, 7) is 9.85. The Hall–Kier alpha value is -1.95. The third-order valence-corrected chi connectivity index (χ3v) is 5.68. The molecule has 0 unspecified atom stereocenters. The zero-order valence-corrected chi connectivity index (χ0v) is 15.2. The van der Waals surface area contributed by atoms with Gasteiger partial charge in [0.25, 0.3) is 11.6 Å². The summed E-state index contributed by atoms with van der Waals surface area (Å²) in [4.78, 5) is 19.8. The van der Waals surface area contributed by atoms with Crippen LogP contribution in [0.2, 0.25) is 0 Å². The predicted octanol–water partition coefficient (Wildman–Crippen LogP) is 2.73. The van der Waals surface area contributed by atoms with Gasteiger partial charge in [-0.1, -0.05) is 19.0 Å². The van der Waals surface area contributed by atoms with E-state index < -0.39 is 0 Å². The van der Waals surface area contributed by atoms with Gasteiger partial charge >= 0.3 is 0 Å². The van der Waals surface area contributed by atoms with Crippen molar-refractivity contribution in [3.63, 3.8) is 0 Å². The van der Waals surface area contributed by atoms with Crippen molar-refractivity contribution < 1.29 is 9.32 Å². The van der Waals surface area contributed by atoms with Gasteiger partial charge in [0.05, 0.1) is 16.6 Å². The van der Waals surface area contributed by atoms with Gasteiger partial charge in [-0.25, -0.2) is 4.98 Å². The zero-order valence-electron chi connectivity index (χ0n) is 15.2. The molecular formula is C19H26N4O2. The highest BCUT2D eigenvalue weighted by Crippen LogP contribution is 2.31. The number of aromatic nitrogens is 2. The number of carbonyl (C=O) groups is 1. The van der Waals surface area contributed by atoms with Crippen LogP contribution in [-0.4, -0.2) is 47.1 Å². The number of carbonyl (C=O) groups excluding carboxylic acids is 1. The number of pyridine rings is 1. The first kappa shape index (κ1) is 16.5. The molecule has 2 aliphatic rings. The number of nitrogens with zero attached hydrogens (tertiary/aromatic N) is 3. The molecular weight excluding hydrogens is 316 g/mol. The maximum Gasteiger partial charge on any atom is 0.259 e. The van der Waals surface area contributed by atoms with Gasteiger partial charge in [-0.2, -0.15) is 0 Å². The fraction of sp³-hybridized carbons (Fsp3) is 0.632. The standard InChI is InChI=1S/C19H26N4O2/c1-11(2)17-16-15(8-12(3)21-18(16)25-22-17)19(24)23-6-4-13-9-20-10-14(13)5-7-23/h8,11,13-14,20H,4-7,9-10H2,1-3H3/t13-,14+. The van der Waals surface area contributed by atoms with Crippen LogP contribution in [0.25, 0.3) is 11.1 Å². The number of fused-ring (bicyclic) bond motifs is 2. The van der Waals surface area contributed by atoms with Gasteiger partial charge in [-0.3, -0.25) is 4.79 Å². The highest BCUT2D eigenvalue weighted by atomic mass is 16.5. The number of hydrogen-bond acceptors (Lipinski definition) is 5. The summed E-state index contributed by atoms with van der Waals surface area (Å²) in [6.07, 6.45) is 2.16. The Morgan fingerprint density at radius 3 is 2.60 bits per heavy atom. The van der Waals surface area contributed by atoms with Crippen LogP contribution >= 0.6 is 0 Å². The van der Waals surface area contributed by atoms with Crippen LogP contribution in [0.1, 0.15) is 54.4 Å². The number of nitrogens with one attached hydrogen (secondary N) is 1. The molecule has 2 aliphatic heterocycles. The Morgan fingerprint density at radius 2 is 1.96 bits per heavy atom. The van der Waals surface area contributed by atoms with E-state index in [1.54, 1.807) is 0 Å². The van der Waals surface area contributed by atoms with E-state index in [4.69, 9.17) is 4.52 Å². The number of hydrogen-bond donors (Lipinski definition) is 1. The fourth-order valence-corrected chi connectivity index (χ4v) is 4.25. The van der Waals surface area contributed by atoms with Crippen molar-refractivity contribution in [1.29, 1.82) is 0 Å². The number of aryl methyl sites for hydroxylation is 1. The van der Waals surface area contributed by atoms with Crippen molar-refractivity contribution in [3.8, 4) is 0 Å².